The number of benzene rings is 2. The van der Waals surface area contributed by atoms with Gasteiger partial charge in [0, 0.05) is 18.1 Å². The quantitative estimate of drug-likeness (QED) is 0.494. The number of rotatable bonds is 4. The largest absolute Gasteiger partial charge is 0.492 e. The number of nitrogens with zero attached hydrogens (tertiary/aromatic N) is 1. The van der Waals surface area contributed by atoms with Crippen LogP contribution in [0.5, 0.6) is 5.75 Å². The topological polar surface area (TPSA) is 64.4 Å². The van der Waals surface area contributed by atoms with E-state index >= 15 is 0 Å². The maximum atomic E-state index is 10.9. The van der Waals surface area contributed by atoms with E-state index in [-0.39, 0.29) is 16.7 Å². The van der Waals surface area contributed by atoms with Crippen LogP contribution < -0.4 is 10.1 Å². The molecule has 25 heavy (non-hydrogen) atoms. The summed E-state index contributed by atoms with van der Waals surface area (Å²) in [6.45, 7) is 2.60. The number of fused-ring (bicyclic) bond motifs is 3. The number of non-ortho nitro benzene ring substituents is 1. The predicted octanol–water partition coefficient (Wildman–Crippen LogP) is 4.82. The SMILES string of the molecule is CCOc1cccc2c1N[C@H](c1ccc([N+](=O)[O-])cc1)[C@@H]1CC=C[C@@H]21. The fourth-order valence-corrected chi connectivity index (χ4v) is 4.00. The lowest BCUT2D eigenvalue weighted by Crippen LogP contribution is -2.29. The third kappa shape index (κ3) is 2.65. The van der Waals surface area contributed by atoms with Crippen molar-refractivity contribution in [2.75, 3.05) is 11.9 Å². The van der Waals surface area contributed by atoms with Crippen molar-refractivity contribution in [3.8, 4) is 5.75 Å². The Morgan fingerprint density at radius 3 is 2.76 bits per heavy atom. The van der Waals surface area contributed by atoms with E-state index in [9.17, 15) is 10.1 Å². The first-order valence-corrected chi connectivity index (χ1v) is 8.62. The van der Waals surface area contributed by atoms with Gasteiger partial charge in [-0.3, -0.25) is 10.1 Å². The molecule has 0 saturated carbocycles. The zero-order valence-electron chi connectivity index (χ0n) is 14.0. The van der Waals surface area contributed by atoms with Gasteiger partial charge in [-0.25, -0.2) is 0 Å². The van der Waals surface area contributed by atoms with Crippen LogP contribution >= 0.6 is 0 Å². The third-order valence-corrected chi connectivity index (χ3v) is 5.12. The molecule has 3 atom stereocenters. The Morgan fingerprint density at radius 1 is 1.24 bits per heavy atom. The Bertz CT molecular complexity index is 829. The molecule has 2 aliphatic rings. The summed E-state index contributed by atoms with van der Waals surface area (Å²) < 4.78 is 5.81. The summed E-state index contributed by atoms with van der Waals surface area (Å²) in [5.74, 6) is 1.62. The number of hydrogen-bond acceptors (Lipinski definition) is 4. The molecule has 0 fully saturated rings. The Morgan fingerprint density at radius 2 is 2.04 bits per heavy atom. The van der Waals surface area contributed by atoms with Gasteiger partial charge >= 0.3 is 0 Å². The van der Waals surface area contributed by atoms with Crippen LogP contribution in [0.1, 0.15) is 36.4 Å². The average molecular weight is 336 g/mol. The standard InChI is InChI=1S/C20H20N2O3/c1-2-25-18-8-4-7-17-15-5-3-6-16(15)19(21-20(17)18)13-9-11-14(12-10-13)22(23)24/h3-5,7-12,15-16,19,21H,2,6H2,1H3/t15-,16-,19-/m1/s1. The summed E-state index contributed by atoms with van der Waals surface area (Å²) in [4.78, 5) is 10.6. The van der Waals surface area contributed by atoms with Crippen LogP contribution in [-0.2, 0) is 0 Å². The van der Waals surface area contributed by atoms with Gasteiger partial charge in [-0.05, 0) is 36.5 Å². The van der Waals surface area contributed by atoms with Crippen molar-refractivity contribution in [2.24, 2.45) is 5.92 Å². The minimum absolute atomic E-state index is 0.106. The highest BCUT2D eigenvalue weighted by Gasteiger charge is 2.39. The van der Waals surface area contributed by atoms with E-state index < -0.39 is 0 Å². The Labute approximate surface area is 146 Å². The van der Waals surface area contributed by atoms with Gasteiger partial charge in [-0.1, -0.05) is 36.4 Å². The van der Waals surface area contributed by atoms with E-state index in [4.69, 9.17) is 4.74 Å². The number of nitrogens with one attached hydrogen (secondary N) is 1. The molecular formula is C20H20N2O3. The summed E-state index contributed by atoms with van der Waals surface area (Å²) in [5.41, 5.74) is 3.50. The fraction of sp³-hybridized carbons (Fsp3) is 0.300. The van der Waals surface area contributed by atoms with Crippen molar-refractivity contribution in [1.29, 1.82) is 0 Å². The second-order valence-corrected chi connectivity index (χ2v) is 6.48. The smallest absolute Gasteiger partial charge is 0.269 e. The van der Waals surface area contributed by atoms with Crippen molar-refractivity contribution < 1.29 is 9.66 Å². The van der Waals surface area contributed by atoms with Gasteiger partial charge in [0.15, 0.2) is 0 Å². The van der Waals surface area contributed by atoms with Crippen molar-refractivity contribution in [2.45, 2.75) is 25.3 Å². The minimum atomic E-state index is -0.361. The number of nitro groups is 1. The zero-order valence-corrected chi connectivity index (χ0v) is 14.0. The first-order valence-electron chi connectivity index (χ1n) is 8.62. The molecule has 0 bridgehead atoms. The summed E-state index contributed by atoms with van der Waals surface area (Å²) in [7, 11) is 0. The van der Waals surface area contributed by atoms with Crippen LogP contribution in [0.3, 0.4) is 0 Å². The molecule has 1 heterocycles. The normalized spacial score (nSPS) is 23.5. The van der Waals surface area contributed by atoms with Gasteiger partial charge in [-0.2, -0.15) is 0 Å². The molecule has 2 aromatic carbocycles. The Balaban J connectivity index is 1.74. The fourth-order valence-electron chi connectivity index (χ4n) is 4.00. The van der Waals surface area contributed by atoms with E-state index in [0.29, 0.717) is 18.4 Å². The molecule has 0 spiro atoms. The first-order chi connectivity index (χ1) is 12.2. The van der Waals surface area contributed by atoms with Crippen molar-refractivity contribution in [1.82, 2.24) is 0 Å². The summed E-state index contributed by atoms with van der Waals surface area (Å²) >= 11 is 0. The molecule has 128 valence electrons. The molecule has 5 heteroatoms. The number of hydrogen-bond donors (Lipinski definition) is 1. The first kappa shape index (κ1) is 15.7. The van der Waals surface area contributed by atoms with E-state index in [1.807, 2.05) is 31.2 Å². The molecule has 4 rings (SSSR count). The Hall–Kier alpha value is -2.82. The number of ether oxygens (including phenoxy) is 1. The molecule has 1 aliphatic heterocycles. The maximum absolute atomic E-state index is 10.9. The van der Waals surface area contributed by atoms with Crippen LogP contribution in [0.2, 0.25) is 0 Å². The van der Waals surface area contributed by atoms with Crippen LogP contribution in [0.15, 0.2) is 54.6 Å². The molecule has 0 aromatic heterocycles. The number of allylic oxidation sites excluding steroid dienone is 2. The van der Waals surface area contributed by atoms with E-state index in [2.05, 4.69) is 23.5 Å². The van der Waals surface area contributed by atoms with Crippen molar-refractivity contribution in [3.63, 3.8) is 0 Å². The van der Waals surface area contributed by atoms with Crippen LogP contribution in [0.25, 0.3) is 0 Å². The minimum Gasteiger partial charge on any atom is -0.492 e. The molecule has 0 unspecified atom stereocenters. The maximum Gasteiger partial charge on any atom is 0.269 e. The molecule has 1 aliphatic carbocycles. The second-order valence-electron chi connectivity index (χ2n) is 6.48. The molecule has 1 N–H and O–H groups in total. The molecule has 0 saturated heterocycles. The molecule has 0 radical (unpaired) electrons. The molecular weight excluding hydrogens is 316 g/mol. The van der Waals surface area contributed by atoms with Crippen LogP contribution in [0.4, 0.5) is 11.4 Å². The van der Waals surface area contributed by atoms with Gasteiger partial charge in [0.05, 0.1) is 23.3 Å². The zero-order chi connectivity index (χ0) is 17.4. The lowest BCUT2D eigenvalue weighted by Gasteiger charge is -2.38. The van der Waals surface area contributed by atoms with Crippen LogP contribution in [0, 0.1) is 16.0 Å². The lowest BCUT2D eigenvalue weighted by atomic mass is 9.77. The second kappa shape index (κ2) is 6.24. The molecule has 5 nitrogen and oxygen atoms in total. The molecule has 0 amide bonds. The lowest BCUT2D eigenvalue weighted by molar-refractivity contribution is -0.384. The van der Waals surface area contributed by atoms with Gasteiger partial charge in [0.1, 0.15) is 5.75 Å². The predicted molar refractivity (Wildman–Crippen MR) is 97.1 cm³/mol. The van der Waals surface area contributed by atoms with Crippen molar-refractivity contribution >= 4 is 11.4 Å². The van der Waals surface area contributed by atoms with Gasteiger partial charge < -0.3 is 10.1 Å². The average Bonchev–Trinajstić information content (AvgIpc) is 3.12. The van der Waals surface area contributed by atoms with E-state index in [1.165, 1.54) is 5.56 Å². The number of anilines is 1. The van der Waals surface area contributed by atoms with Crippen LogP contribution in [-0.4, -0.2) is 11.5 Å². The molecule has 2 aromatic rings. The van der Waals surface area contributed by atoms with Gasteiger partial charge in [-0.15, -0.1) is 0 Å². The monoisotopic (exact) mass is 336 g/mol. The number of nitro benzene ring substituents is 1. The highest BCUT2D eigenvalue weighted by molar-refractivity contribution is 5.67. The van der Waals surface area contributed by atoms with Crippen molar-refractivity contribution in [3.05, 3.63) is 75.9 Å². The summed E-state index contributed by atoms with van der Waals surface area (Å²) in [5, 5.41) is 14.6. The highest BCUT2D eigenvalue weighted by atomic mass is 16.6. The van der Waals surface area contributed by atoms with Gasteiger partial charge in [0.2, 0.25) is 0 Å². The number of para-hydroxylation sites is 1. The van der Waals surface area contributed by atoms with E-state index in [1.54, 1.807) is 12.1 Å². The Kier molecular flexibility index (Phi) is 3.92. The summed E-state index contributed by atoms with van der Waals surface area (Å²) in [6.07, 6.45) is 5.51. The van der Waals surface area contributed by atoms with E-state index in [0.717, 1.165) is 23.4 Å². The third-order valence-electron chi connectivity index (χ3n) is 5.12. The van der Waals surface area contributed by atoms with Gasteiger partial charge in [0.25, 0.3) is 5.69 Å². The summed E-state index contributed by atoms with van der Waals surface area (Å²) in [6, 6.07) is 13.2. The highest BCUT2D eigenvalue weighted by Crippen LogP contribution is 2.52.